The van der Waals surface area contributed by atoms with Crippen LogP contribution in [0.1, 0.15) is 27.6 Å². The van der Waals surface area contributed by atoms with E-state index in [1.54, 1.807) is 7.11 Å². The maximum absolute atomic E-state index is 14.1. The third-order valence-corrected chi connectivity index (χ3v) is 6.30. The van der Waals surface area contributed by atoms with Crippen LogP contribution in [0.3, 0.4) is 0 Å². The summed E-state index contributed by atoms with van der Waals surface area (Å²) < 4.78 is 39.8. The quantitative estimate of drug-likeness (QED) is 0.418. The minimum atomic E-state index is -0.843. The number of methoxy groups -OCH3 is 1. The van der Waals surface area contributed by atoms with Gasteiger partial charge < -0.3 is 14.4 Å². The van der Waals surface area contributed by atoms with Crippen molar-refractivity contribution in [1.29, 1.82) is 0 Å². The van der Waals surface area contributed by atoms with Crippen molar-refractivity contribution in [2.75, 3.05) is 39.8 Å². The van der Waals surface area contributed by atoms with Gasteiger partial charge in [0.05, 0.1) is 19.8 Å². The molecular formula is C27H27ClF2N2O3. The normalized spacial score (nSPS) is 15.1. The van der Waals surface area contributed by atoms with Crippen LogP contribution < -0.4 is 4.74 Å². The number of carbonyl (C=O) groups excluding carboxylic acids is 1. The van der Waals surface area contributed by atoms with Crippen LogP contribution in [0.25, 0.3) is 0 Å². The maximum atomic E-state index is 14.1. The molecule has 4 rings (SSSR count). The van der Waals surface area contributed by atoms with E-state index in [0.717, 1.165) is 29.0 Å². The van der Waals surface area contributed by atoms with Crippen LogP contribution >= 0.6 is 11.6 Å². The highest BCUT2D eigenvalue weighted by Gasteiger charge is 2.28. The Balaban J connectivity index is 1.43. The van der Waals surface area contributed by atoms with Crippen LogP contribution in [0.5, 0.6) is 5.75 Å². The van der Waals surface area contributed by atoms with Gasteiger partial charge in [0, 0.05) is 37.7 Å². The molecule has 1 saturated heterocycles. The first kappa shape index (κ1) is 25.1. The van der Waals surface area contributed by atoms with Crippen LogP contribution in [0.15, 0.2) is 66.7 Å². The number of halogens is 3. The van der Waals surface area contributed by atoms with Gasteiger partial charge in [-0.2, -0.15) is 0 Å². The molecule has 3 aromatic rings. The van der Waals surface area contributed by atoms with Gasteiger partial charge in [0.25, 0.3) is 5.91 Å². The van der Waals surface area contributed by atoms with E-state index in [1.165, 1.54) is 11.0 Å². The van der Waals surface area contributed by atoms with Crippen LogP contribution in [-0.4, -0.2) is 55.5 Å². The summed E-state index contributed by atoms with van der Waals surface area (Å²) in [7, 11) is 1.62. The lowest BCUT2D eigenvalue weighted by molar-refractivity contribution is 0.00324. The first-order chi connectivity index (χ1) is 16.9. The van der Waals surface area contributed by atoms with Gasteiger partial charge >= 0.3 is 0 Å². The third-order valence-electron chi connectivity index (χ3n) is 6.07. The van der Waals surface area contributed by atoms with Gasteiger partial charge in [-0.1, -0.05) is 41.9 Å². The molecule has 0 saturated carbocycles. The largest absolute Gasteiger partial charge is 0.497 e. The van der Waals surface area contributed by atoms with Crippen molar-refractivity contribution < 1.29 is 23.0 Å². The molecule has 1 atom stereocenters. The molecule has 1 aliphatic heterocycles. The van der Waals surface area contributed by atoms with Crippen LogP contribution in [0.4, 0.5) is 8.78 Å². The Hall–Kier alpha value is -3.00. The molecule has 0 bridgehead atoms. The van der Waals surface area contributed by atoms with E-state index in [-0.39, 0.29) is 6.10 Å². The van der Waals surface area contributed by atoms with Gasteiger partial charge in [0.1, 0.15) is 22.9 Å². The number of amides is 1. The van der Waals surface area contributed by atoms with Crippen molar-refractivity contribution >= 4 is 17.5 Å². The van der Waals surface area contributed by atoms with Crippen molar-refractivity contribution in [2.24, 2.45) is 0 Å². The first-order valence-electron chi connectivity index (χ1n) is 11.4. The molecule has 1 amide bonds. The monoisotopic (exact) mass is 500 g/mol. The number of rotatable bonds is 8. The Labute approximate surface area is 208 Å². The average Bonchev–Trinajstić information content (AvgIpc) is 2.87. The molecule has 1 heterocycles. The zero-order valence-electron chi connectivity index (χ0n) is 19.4. The number of nitrogens with zero attached hydrogens (tertiary/aromatic N) is 2. The highest BCUT2D eigenvalue weighted by atomic mass is 35.5. The van der Waals surface area contributed by atoms with Gasteiger partial charge in [0.2, 0.25) is 0 Å². The number of hydrogen-bond acceptors (Lipinski definition) is 4. The van der Waals surface area contributed by atoms with E-state index in [0.29, 0.717) is 44.4 Å². The first-order valence-corrected chi connectivity index (χ1v) is 11.8. The van der Waals surface area contributed by atoms with E-state index in [1.807, 2.05) is 48.5 Å². The minimum Gasteiger partial charge on any atom is -0.497 e. The molecule has 1 fully saturated rings. The van der Waals surface area contributed by atoms with Gasteiger partial charge in [-0.25, -0.2) is 8.78 Å². The fraction of sp³-hybridized carbons (Fsp3) is 0.296. The van der Waals surface area contributed by atoms with E-state index >= 15 is 0 Å². The second kappa shape index (κ2) is 11.6. The van der Waals surface area contributed by atoms with E-state index in [4.69, 9.17) is 21.1 Å². The predicted molar refractivity (Wildman–Crippen MR) is 131 cm³/mol. The summed E-state index contributed by atoms with van der Waals surface area (Å²) in [6, 6.07) is 18.7. The summed E-state index contributed by atoms with van der Waals surface area (Å²) in [5.74, 6) is -1.57. The van der Waals surface area contributed by atoms with Crippen molar-refractivity contribution in [3.63, 3.8) is 0 Å². The fourth-order valence-corrected chi connectivity index (χ4v) is 4.36. The standard InChI is InChI=1S/C27H27ClF2N2O3/c1-34-22-8-3-6-20(16-22)25(35-18-19-5-2-7-21(28)15-19)17-31-11-13-32(14-12-31)27(33)26-23(29)9-4-10-24(26)30/h2-10,15-16,25H,11-14,17-18H2,1H3/t25-/m1/s1. The Bertz CT molecular complexity index is 1150. The molecule has 3 aromatic carbocycles. The molecule has 1 aliphatic rings. The topological polar surface area (TPSA) is 42.0 Å². The van der Waals surface area contributed by atoms with E-state index in [9.17, 15) is 13.6 Å². The van der Waals surface area contributed by atoms with Gasteiger partial charge in [0.15, 0.2) is 0 Å². The van der Waals surface area contributed by atoms with Crippen molar-refractivity contribution in [1.82, 2.24) is 9.80 Å². The van der Waals surface area contributed by atoms with Crippen molar-refractivity contribution in [3.05, 3.63) is 100 Å². The second-order valence-corrected chi connectivity index (χ2v) is 8.83. The van der Waals surface area contributed by atoms with Gasteiger partial charge in [-0.3, -0.25) is 9.69 Å². The van der Waals surface area contributed by atoms with Crippen LogP contribution in [0.2, 0.25) is 5.02 Å². The molecule has 0 aliphatic carbocycles. The number of benzene rings is 3. The van der Waals surface area contributed by atoms with Gasteiger partial charge in [-0.15, -0.1) is 0 Å². The van der Waals surface area contributed by atoms with Crippen LogP contribution in [0, 0.1) is 11.6 Å². The maximum Gasteiger partial charge on any atom is 0.259 e. The van der Waals surface area contributed by atoms with E-state index < -0.39 is 23.1 Å². The SMILES string of the molecule is COc1cccc([C@@H](CN2CCN(C(=O)c3c(F)cccc3F)CC2)OCc2cccc(Cl)c2)c1. The summed E-state index contributed by atoms with van der Waals surface area (Å²) in [5, 5.41) is 0.649. The summed E-state index contributed by atoms with van der Waals surface area (Å²) in [6.07, 6.45) is -0.254. The molecule has 35 heavy (non-hydrogen) atoms. The highest BCUT2D eigenvalue weighted by molar-refractivity contribution is 6.30. The Morgan fingerprint density at radius 1 is 0.971 bits per heavy atom. The lowest BCUT2D eigenvalue weighted by Crippen LogP contribution is -2.50. The summed E-state index contributed by atoms with van der Waals surface area (Å²) in [6.45, 7) is 2.82. The predicted octanol–water partition coefficient (Wildman–Crippen LogP) is 5.34. The lowest BCUT2D eigenvalue weighted by atomic mass is 10.1. The molecule has 8 heteroatoms. The fourth-order valence-electron chi connectivity index (χ4n) is 4.15. The molecule has 0 radical (unpaired) electrons. The smallest absolute Gasteiger partial charge is 0.259 e. The molecule has 0 unspecified atom stereocenters. The zero-order chi connectivity index (χ0) is 24.8. The molecule has 5 nitrogen and oxygen atoms in total. The van der Waals surface area contributed by atoms with Crippen molar-refractivity contribution in [2.45, 2.75) is 12.7 Å². The third kappa shape index (κ3) is 6.36. The Kier molecular flexibility index (Phi) is 8.33. The molecule has 0 aromatic heterocycles. The van der Waals surface area contributed by atoms with Crippen molar-refractivity contribution in [3.8, 4) is 5.75 Å². The zero-order valence-corrected chi connectivity index (χ0v) is 20.2. The number of hydrogen-bond donors (Lipinski definition) is 0. The Morgan fingerprint density at radius 3 is 2.34 bits per heavy atom. The molecular weight excluding hydrogens is 474 g/mol. The minimum absolute atomic E-state index is 0.254. The molecule has 0 N–H and O–H groups in total. The number of ether oxygens (including phenoxy) is 2. The number of carbonyl (C=O) groups is 1. The lowest BCUT2D eigenvalue weighted by Gasteiger charge is -2.36. The molecule has 184 valence electrons. The van der Waals surface area contributed by atoms with Gasteiger partial charge in [-0.05, 0) is 47.5 Å². The molecule has 0 spiro atoms. The summed E-state index contributed by atoms with van der Waals surface area (Å²) in [5.41, 5.74) is 1.44. The second-order valence-electron chi connectivity index (χ2n) is 8.40. The summed E-state index contributed by atoms with van der Waals surface area (Å²) in [4.78, 5) is 16.4. The Morgan fingerprint density at radius 2 is 1.66 bits per heavy atom. The highest BCUT2D eigenvalue weighted by Crippen LogP contribution is 2.26. The number of piperazine rings is 1. The van der Waals surface area contributed by atoms with Crippen LogP contribution in [-0.2, 0) is 11.3 Å². The summed E-state index contributed by atoms with van der Waals surface area (Å²) >= 11 is 6.12. The average molecular weight is 501 g/mol. The van der Waals surface area contributed by atoms with E-state index in [2.05, 4.69) is 4.90 Å².